The summed E-state index contributed by atoms with van der Waals surface area (Å²) in [4.78, 5) is 29.3. The highest BCUT2D eigenvalue weighted by atomic mass is 32.2. The first-order chi connectivity index (χ1) is 20.7. The maximum Gasteiger partial charge on any atom is 0.264 e. The van der Waals surface area contributed by atoms with Crippen molar-refractivity contribution in [1.82, 2.24) is 10.2 Å². The Kier molecular flexibility index (Phi) is 9.55. The molecule has 0 unspecified atom stereocenters. The Labute approximate surface area is 253 Å². The number of nitrogens with zero attached hydrogens (tertiary/aromatic N) is 2. The predicted molar refractivity (Wildman–Crippen MR) is 165 cm³/mol. The number of carbonyl (C=O) groups is 2. The third kappa shape index (κ3) is 7.13. The second-order valence-electron chi connectivity index (χ2n) is 11.1. The van der Waals surface area contributed by atoms with Gasteiger partial charge in [-0.1, -0.05) is 61.7 Å². The average Bonchev–Trinajstić information content (AvgIpc) is 3.03. The first-order valence-electron chi connectivity index (χ1n) is 14.9. The summed E-state index contributed by atoms with van der Waals surface area (Å²) in [6.45, 7) is 4.03. The third-order valence-corrected chi connectivity index (χ3v) is 9.93. The second-order valence-corrected chi connectivity index (χ2v) is 13.0. The van der Waals surface area contributed by atoms with E-state index in [-0.39, 0.29) is 29.1 Å². The number of aryl methyl sites for hydroxylation is 1. The van der Waals surface area contributed by atoms with Gasteiger partial charge in [0.2, 0.25) is 11.8 Å². The van der Waals surface area contributed by atoms with Crippen LogP contribution >= 0.6 is 0 Å². The second kappa shape index (κ2) is 13.5. The molecule has 1 atom stereocenters. The molecule has 1 saturated carbocycles. The van der Waals surface area contributed by atoms with Gasteiger partial charge in [-0.05, 0) is 62.1 Å². The molecule has 43 heavy (non-hydrogen) atoms. The van der Waals surface area contributed by atoms with E-state index >= 15 is 0 Å². The van der Waals surface area contributed by atoms with Crippen LogP contribution in [0.5, 0.6) is 11.5 Å². The van der Waals surface area contributed by atoms with Gasteiger partial charge in [0.25, 0.3) is 10.0 Å². The maximum absolute atomic E-state index is 14.2. The fourth-order valence-electron chi connectivity index (χ4n) is 5.56. The summed E-state index contributed by atoms with van der Waals surface area (Å²) in [6, 6.07) is 19.8. The summed E-state index contributed by atoms with van der Waals surface area (Å²) in [5, 5.41) is 3.13. The van der Waals surface area contributed by atoms with Crippen LogP contribution in [0.25, 0.3) is 0 Å². The molecule has 1 heterocycles. The summed E-state index contributed by atoms with van der Waals surface area (Å²) in [5.74, 6) is 0.170. The molecule has 5 rings (SSSR count). The first-order valence-corrected chi connectivity index (χ1v) is 16.3. The minimum Gasteiger partial charge on any atom is -0.486 e. The quantitative estimate of drug-likeness (QED) is 0.355. The largest absolute Gasteiger partial charge is 0.486 e. The number of benzene rings is 3. The highest BCUT2D eigenvalue weighted by Crippen LogP contribution is 2.36. The van der Waals surface area contributed by atoms with E-state index in [0.717, 1.165) is 47.5 Å². The van der Waals surface area contributed by atoms with Gasteiger partial charge in [-0.3, -0.25) is 13.9 Å². The van der Waals surface area contributed by atoms with Crippen LogP contribution in [-0.4, -0.2) is 57.0 Å². The zero-order chi connectivity index (χ0) is 30.4. The fraction of sp³-hybridized carbons (Fsp3) is 0.394. The van der Waals surface area contributed by atoms with E-state index in [1.54, 1.807) is 43.3 Å². The van der Waals surface area contributed by atoms with Crippen molar-refractivity contribution >= 4 is 27.5 Å². The van der Waals surface area contributed by atoms with Gasteiger partial charge in [-0.15, -0.1) is 0 Å². The Morgan fingerprint density at radius 1 is 0.907 bits per heavy atom. The molecular weight excluding hydrogens is 566 g/mol. The molecule has 0 saturated heterocycles. The van der Waals surface area contributed by atoms with Crippen molar-refractivity contribution in [3.05, 3.63) is 83.9 Å². The Balaban J connectivity index is 1.49. The van der Waals surface area contributed by atoms with Crippen molar-refractivity contribution in [3.8, 4) is 11.5 Å². The fourth-order valence-corrected chi connectivity index (χ4v) is 6.99. The van der Waals surface area contributed by atoms with Gasteiger partial charge in [0, 0.05) is 18.7 Å². The van der Waals surface area contributed by atoms with Crippen molar-refractivity contribution in [1.29, 1.82) is 0 Å². The highest BCUT2D eigenvalue weighted by Gasteiger charge is 2.34. The van der Waals surface area contributed by atoms with Gasteiger partial charge < -0.3 is 19.7 Å². The molecule has 1 N–H and O–H groups in total. The van der Waals surface area contributed by atoms with Crippen LogP contribution in [0, 0.1) is 6.92 Å². The van der Waals surface area contributed by atoms with Gasteiger partial charge in [0.05, 0.1) is 10.6 Å². The van der Waals surface area contributed by atoms with Crippen molar-refractivity contribution in [3.63, 3.8) is 0 Å². The van der Waals surface area contributed by atoms with Crippen LogP contribution in [0.2, 0.25) is 0 Å². The van der Waals surface area contributed by atoms with Gasteiger partial charge in [0.1, 0.15) is 25.8 Å². The van der Waals surface area contributed by atoms with Crippen LogP contribution in [0.15, 0.2) is 77.7 Å². The minimum absolute atomic E-state index is 0.0474. The number of sulfonamides is 1. The molecule has 1 fully saturated rings. The van der Waals surface area contributed by atoms with Gasteiger partial charge >= 0.3 is 0 Å². The molecule has 2 amide bonds. The molecule has 2 aliphatic rings. The first kappa shape index (κ1) is 30.4. The molecule has 1 aliphatic heterocycles. The monoisotopic (exact) mass is 605 g/mol. The number of fused-ring (bicyclic) bond motifs is 1. The van der Waals surface area contributed by atoms with E-state index in [2.05, 4.69) is 5.32 Å². The zero-order valence-corrected chi connectivity index (χ0v) is 25.5. The van der Waals surface area contributed by atoms with Gasteiger partial charge in [-0.25, -0.2) is 8.42 Å². The topological polar surface area (TPSA) is 105 Å². The van der Waals surface area contributed by atoms with E-state index in [0.29, 0.717) is 24.7 Å². The normalized spacial score (nSPS) is 15.8. The van der Waals surface area contributed by atoms with Crippen LogP contribution in [0.3, 0.4) is 0 Å². The van der Waals surface area contributed by atoms with Crippen LogP contribution in [0.4, 0.5) is 5.69 Å². The number of nitrogens with one attached hydrogen (secondary N) is 1. The molecular formula is C33H39N3O6S. The van der Waals surface area contributed by atoms with Crippen molar-refractivity contribution in [2.75, 3.05) is 24.1 Å². The number of hydrogen-bond donors (Lipinski definition) is 1. The SMILES string of the molecule is Cc1ccccc1CN(C(=O)CN(c1ccc2c(c1)OCCO2)S(=O)(=O)c1ccccc1)[C@H](C)C(=O)NC1CCCCC1. The van der Waals surface area contributed by atoms with Gasteiger partial charge in [0.15, 0.2) is 11.5 Å². The Hall–Kier alpha value is -4.05. The van der Waals surface area contributed by atoms with Crippen LogP contribution < -0.4 is 19.1 Å². The van der Waals surface area contributed by atoms with Crippen LogP contribution in [-0.2, 0) is 26.2 Å². The van der Waals surface area contributed by atoms with Crippen LogP contribution in [0.1, 0.15) is 50.2 Å². The van der Waals surface area contributed by atoms with Crippen molar-refractivity contribution in [2.24, 2.45) is 0 Å². The molecule has 9 nitrogen and oxygen atoms in total. The number of amides is 2. The molecule has 0 bridgehead atoms. The molecule has 0 radical (unpaired) electrons. The van der Waals surface area contributed by atoms with Crippen molar-refractivity contribution in [2.45, 2.75) is 69.5 Å². The number of ether oxygens (including phenoxy) is 2. The van der Waals surface area contributed by atoms with E-state index < -0.39 is 28.5 Å². The summed E-state index contributed by atoms with van der Waals surface area (Å²) in [6.07, 6.45) is 5.11. The highest BCUT2D eigenvalue weighted by molar-refractivity contribution is 7.92. The number of hydrogen-bond acceptors (Lipinski definition) is 6. The number of carbonyl (C=O) groups excluding carboxylic acids is 2. The molecule has 1 aliphatic carbocycles. The summed E-state index contributed by atoms with van der Waals surface area (Å²) in [7, 11) is -4.17. The lowest BCUT2D eigenvalue weighted by atomic mass is 9.95. The predicted octanol–water partition coefficient (Wildman–Crippen LogP) is 4.83. The third-order valence-electron chi connectivity index (χ3n) is 8.14. The molecule has 0 spiro atoms. The van der Waals surface area contributed by atoms with E-state index in [9.17, 15) is 18.0 Å². The van der Waals surface area contributed by atoms with Gasteiger partial charge in [-0.2, -0.15) is 0 Å². The van der Waals surface area contributed by atoms with Crippen molar-refractivity contribution < 1.29 is 27.5 Å². The Morgan fingerprint density at radius 3 is 2.30 bits per heavy atom. The Bertz CT molecular complexity index is 1540. The lowest BCUT2D eigenvalue weighted by molar-refractivity contribution is -0.139. The minimum atomic E-state index is -4.17. The standard InChI is InChI=1S/C33H39N3O6S/c1-24-11-9-10-12-26(24)22-35(25(2)33(38)34-27-13-5-3-6-14-27)32(37)23-36(43(39,40)29-15-7-4-8-16-29)28-17-18-30-31(21-28)42-20-19-41-30/h4,7-12,15-18,21,25,27H,3,5-6,13-14,19-20,22-23H2,1-2H3,(H,34,38)/t25-/m1/s1. The zero-order valence-electron chi connectivity index (χ0n) is 24.7. The maximum atomic E-state index is 14.2. The molecule has 228 valence electrons. The number of anilines is 1. The van der Waals surface area contributed by atoms with E-state index in [1.165, 1.54) is 17.0 Å². The average molecular weight is 606 g/mol. The Morgan fingerprint density at radius 2 is 1.58 bits per heavy atom. The lowest BCUT2D eigenvalue weighted by Gasteiger charge is -2.33. The number of rotatable bonds is 10. The molecule has 10 heteroatoms. The molecule has 3 aromatic rings. The molecule has 0 aromatic heterocycles. The summed E-state index contributed by atoms with van der Waals surface area (Å²) >= 11 is 0. The summed E-state index contributed by atoms with van der Waals surface area (Å²) in [5.41, 5.74) is 2.11. The lowest BCUT2D eigenvalue weighted by Crippen LogP contribution is -2.53. The summed E-state index contributed by atoms with van der Waals surface area (Å²) < 4.78 is 40.5. The van der Waals surface area contributed by atoms with E-state index in [4.69, 9.17) is 9.47 Å². The molecule has 3 aromatic carbocycles. The van der Waals surface area contributed by atoms with E-state index in [1.807, 2.05) is 31.2 Å². The smallest absolute Gasteiger partial charge is 0.264 e.